The second-order valence-electron chi connectivity index (χ2n) is 3.40. The average molecular weight is 218 g/mol. The molecule has 5 heteroatoms. The molecule has 0 unspecified atom stereocenters. The topological polar surface area (TPSA) is 52.0 Å². The molecule has 0 aliphatic carbocycles. The smallest absolute Gasteiger partial charge is 0.213 e. The highest BCUT2D eigenvalue weighted by Gasteiger charge is 1.99. The number of aryl methyl sites for hydroxylation is 1. The lowest BCUT2D eigenvalue weighted by atomic mass is 10.3. The maximum Gasteiger partial charge on any atom is 0.213 e. The molecular formula is C11H14N4O. The summed E-state index contributed by atoms with van der Waals surface area (Å²) < 4.78 is 6.80. The molecule has 0 amide bonds. The van der Waals surface area contributed by atoms with Gasteiger partial charge in [-0.2, -0.15) is 5.10 Å². The Hall–Kier alpha value is -2.04. The molecule has 2 aromatic rings. The van der Waals surface area contributed by atoms with Gasteiger partial charge in [-0.05, 0) is 6.07 Å². The monoisotopic (exact) mass is 218 g/mol. The fraction of sp³-hybridized carbons (Fsp3) is 0.273. The van der Waals surface area contributed by atoms with Gasteiger partial charge in [0.1, 0.15) is 5.82 Å². The first-order valence-electron chi connectivity index (χ1n) is 5.01. The van der Waals surface area contributed by atoms with E-state index in [4.69, 9.17) is 4.74 Å². The number of rotatable bonds is 4. The highest BCUT2D eigenvalue weighted by atomic mass is 16.5. The summed E-state index contributed by atoms with van der Waals surface area (Å²) in [6.07, 6.45) is 1.89. The van der Waals surface area contributed by atoms with E-state index in [-0.39, 0.29) is 0 Å². The zero-order valence-electron chi connectivity index (χ0n) is 9.34. The Labute approximate surface area is 94.1 Å². The van der Waals surface area contributed by atoms with Crippen LogP contribution in [-0.2, 0) is 13.6 Å². The summed E-state index contributed by atoms with van der Waals surface area (Å²) in [5, 5.41) is 7.40. The molecule has 84 valence electrons. The van der Waals surface area contributed by atoms with Crippen molar-refractivity contribution in [2.75, 3.05) is 12.4 Å². The third-order valence-corrected chi connectivity index (χ3v) is 2.15. The van der Waals surface area contributed by atoms with Crippen molar-refractivity contribution in [1.29, 1.82) is 0 Å². The van der Waals surface area contributed by atoms with Crippen molar-refractivity contribution in [2.24, 2.45) is 7.05 Å². The van der Waals surface area contributed by atoms with Gasteiger partial charge in [0.2, 0.25) is 5.88 Å². The Morgan fingerprint density at radius 2 is 2.25 bits per heavy atom. The van der Waals surface area contributed by atoms with Crippen molar-refractivity contribution >= 4 is 5.82 Å². The Balaban J connectivity index is 1.99. The van der Waals surface area contributed by atoms with Gasteiger partial charge < -0.3 is 10.1 Å². The van der Waals surface area contributed by atoms with E-state index in [0.29, 0.717) is 12.4 Å². The van der Waals surface area contributed by atoms with Gasteiger partial charge in [-0.1, -0.05) is 6.07 Å². The average Bonchev–Trinajstić information content (AvgIpc) is 2.73. The zero-order valence-corrected chi connectivity index (χ0v) is 9.34. The second kappa shape index (κ2) is 4.65. The molecule has 0 saturated heterocycles. The van der Waals surface area contributed by atoms with Crippen LogP contribution in [0.25, 0.3) is 0 Å². The third kappa shape index (κ3) is 2.50. The first-order valence-corrected chi connectivity index (χ1v) is 5.01. The van der Waals surface area contributed by atoms with E-state index in [1.54, 1.807) is 11.8 Å². The van der Waals surface area contributed by atoms with Crippen molar-refractivity contribution in [1.82, 2.24) is 14.8 Å². The summed E-state index contributed by atoms with van der Waals surface area (Å²) in [4.78, 5) is 4.29. The summed E-state index contributed by atoms with van der Waals surface area (Å²) in [6.45, 7) is 0.633. The van der Waals surface area contributed by atoms with Crippen molar-refractivity contribution in [3.05, 3.63) is 36.2 Å². The molecule has 0 bridgehead atoms. The van der Waals surface area contributed by atoms with Crippen LogP contribution in [-0.4, -0.2) is 21.9 Å². The van der Waals surface area contributed by atoms with Gasteiger partial charge in [0, 0.05) is 25.4 Å². The molecule has 0 radical (unpaired) electrons. The fourth-order valence-corrected chi connectivity index (χ4v) is 1.36. The molecule has 0 aromatic carbocycles. The standard InChI is InChI=1S/C11H14N4O/c1-15-7-6-10(14-15)12-8-9-4-3-5-11(13-9)16-2/h3-7H,8H2,1-2H3,(H,12,14). The minimum absolute atomic E-state index is 0.625. The number of nitrogens with one attached hydrogen (secondary N) is 1. The van der Waals surface area contributed by atoms with E-state index in [0.717, 1.165) is 11.5 Å². The lowest BCUT2D eigenvalue weighted by molar-refractivity contribution is 0.396. The minimum atomic E-state index is 0.625. The molecule has 2 aromatic heterocycles. The van der Waals surface area contributed by atoms with E-state index < -0.39 is 0 Å². The van der Waals surface area contributed by atoms with Gasteiger partial charge in [-0.15, -0.1) is 0 Å². The SMILES string of the molecule is COc1cccc(CNc2ccn(C)n2)n1. The van der Waals surface area contributed by atoms with Gasteiger partial charge in [-0.3, -0.25) is 4.68 Å². The van der Waals surface area contributed by atoms with E-state index in [1.807, 2.05) is 37.5 Å². The minimum Gasteiger partial charge on any atom is -0.481 e. The first kappa shape index (κ1) is 10.5. The van der Waals surface area contributed by atoms with E-state index in [1.165, 1.54) is 0 Å². The highest BCUT2D eigenvalue weighted by Crippen LogP contribution is 2.08. The number of methoxy groups -OCH3 is 1. The van der Waals surface area contributed by atoms with Crippen LogP contribution >= 0.6 is 0 Å². The fourth-order valence-electron chi connectivity index (χ4n) is 1.36. The molecular weight excluding hydrogens is 204 g/mol. The molecule has 16 heavy (non-hydrogen) atoms. The molecule has 5 nitrogen and oxygen atoms in total. The van der Waals surface area contributed by atoms with E-state index >= 15 is 0 Å². The molecule has 2 heterocycles. The molecule has 0 spiro atoms. The number of nitrogens with zero attached hydrogens (tertiary/aromatic N) is 3. The van der Waals surface area contributed by atoms with Crippen molar-refractivity contribution in [3.8, 4) is 5.88 Å². The Morgan fingerprint density at radius 3 is 2.94 bits per heavy atom. The van der Waals surface area contributed by atoms with E-state index in [2.05, 4.69) is 15.4 Å². The van der Waals surface area contributed by atoms with Gasteiger partial charge in [0.25, 0.3) is 0 Å². The van der Waals surface area contributed by atoms with Crippen LogP contribution in [0, 0.1) is 0 Å². The zero-order chi connectivity index (χ0) is 11.4. The van der Waals surface area contributed by atoms with Crippen LogP contribution in [0.3, 0.4) is 0 Å². The Kier molecular flexibility index (Phi) is 3.05. The first-order chi connectivity index (χ1) is 7.78. The van der Waals surface area contributed by atoms with Crippen LogP contribution in [0.2, 0.25) is 0 Å². The molecule has 0 atom stereocenters. The van der Waals surface area contributed by atoms with Crippen LogP contribution in [0.1, 0.15) is 5.69 Å². The largest absolute Gasteiger partial charge is 0.481 e. The van der Waals surface area contributed by atoms with Crippen LogP contribution in [0.5, 0.6) is 5.88 Å². The Morgan fingerprint density at radius 1 is 1.38 bits per heavy atom. The number of hydrogen-bond donors (Lipinski definition) is 1. The molecule has 1 N–H and O–H groups in total. The van der Waals surface area contributed by atoms with Crippen LogP contribution in [0.15, 0.2) is 30.5 Å². The number of aromatic nitrogens is 3. The number of hydrogen-bond acceptors (Lipinski definition) is 4. The van der Waals surface area contributed by atoms with Crippen LogP contribution < -0.4 is 10.1 Å². The summed E-state index contributed by atoms with van der Waals surface area (Å²) in [7, 11) is 3.49. The number of anilines is 1. The Bertz CT molecular complexity index is 467. The van der Waals surface area contributed by atoms with Crippen molar-refractivity contribution in [3.63, 3.8) is 0 Å². The quantitative estimate of drug-likeness (QED) is 0.843. The predicted octanol–water partition coefficient (Wildman–Crippen LogP) is 1.44. The molecule has 2 rings (SSSR count). The maximum absolute atomic E-state index is 5.05. The van der Waals surface area contributed by atoms with Gasteiger partial charge in [0.05, 0.1) is 19.3 Å². The van der Waals surface area contributed by atoms with Gasteiger partial charge in [0.15, 0.2) is 0 Å². The maximum atomic E-state index is 5.05. The van der Waals surface area contributed by atoms with Crippen LogP contribution in [0.4, 0.5) is 5.82 Å². The van der Waals surface area contributed by atoms with Crippen molar-refractivity contribution in [2.45, 2.75) is 6.54 Å². The lowest BCUT2D eigenvalue weighted by Gasteiger charge is -2.04. The van der Waals surface area contributed by atoms with Gasteiger partial charge >= 0.3 is 0 Å². The van der Waals surface area contributed by atoms with Crippen molar-refractivity contribution < 1.29 is 4.74 Å². The summed E-state index contributed by atoms with van der Waals surface area (Å²) in [6, 6.07) is 7.60. The lowest BCUT2D eigenvalue weighted by Crippen LogP contribution is -2.03. The molecule has 0 aliphatic rings. The van der Waals surface area contributed by atoms with E-state index in [9.17, 15) is 0 Å². The normalized spacial score (nSPS) is 10.1. The summed E-state index contributed by atoms with van der Waals surface area (Å²) in [5.41, 5.74) is 0.921. The third-order valence-electron chi connectivity index (χ3n) is 2.15. The highest BCUT2D eigenvalue weighted by molar-refractivity contribution is 5.33. The second-order valence-corrected chi connectivity index (χ2v) is 3.40. The van der Waals surface area contributed by atoms with Gasteiger partial charge in [-0.25, -0.2) is 4.98 Å². The molecule has 0 fully saturated rings. The molecule has 0 aliphatic heterocycles. The number of pyridine rings is 1. The number of ether oxygens (including phenoxy) is 1. The summed E-state index contributed by atoms with van der Waals surface area (Å²) in [5.74, 6) is 1.47. The summed E-state index contributed by atoms with van der Waals surface area (Å²) >= 11 is 0. The molecule has 0 saturated carbocycles. The predicted molar refractivity (Wildman–Crippen MR) is 61.3 cm³/mol.